The monoisotopic (exact) mass is 315 g/mol. The fraction of sp³-hybridized carbons (Fsp3) is 0.188. The third kappa shape index (κ3) is 4.44. The first-order valence-electron chi connectivity index (χ1n) is 7.09. The molecule has 2 aromatic rings. The highest BCUT2D eigenvalue weighted by Gasteiger charge is 2.27. The highest BCUT2D eigenvalue weighted by Crippen LogP contribution is 2.19. The third-order valence-electron chi connectivity index (χ3n) is 2.96. The Morgan fingerprint density at radius 1 is 1.13 bits per heavy atom. The molecule has 2 rings (SSSR count). The summed E-state index contributed by atoms with van der Waals surface area (Å²) in [6.45, 7) is 2.10. The minimum atomic E-state index is -1.23. The smallest absolute Gasteiger partial charge is 0.355 e. The Balaban J connectivity index is 2.17. The number of esters is 1. The van der Waals surface area contributed by atoms with Crippen LogP contribution in [0.5, 0.6) is 0 Å². The number of carbonyl (C=O) groups is 3. The van der Waals surface area contributed by atoms with Gasteiger partial charge in [-0.3, -0.25) is 10.1 Å². The Morgan fingerprint density at radius 3 is 2.48 bits per heavy atom. The van der Waals surface area contributed by atoms with Gasteiger partial charge in [-0.25, -0.2) is 9.59 Å². The molecule has 0 saturated heterocycles. The normalized spacial score (nSPS) is 11.3. The Kier molecular flexibility index (Phi) is 5.51. The van der Waals surface area contributed by atoms with Crippen LogP contribution in [0.1, 0.15) is 29.1 Å². The van der Waals surface area contributed by atoms with Crippen LogP contribution in [0.4, 0.5) is 4.79 Å². The maximum atomic E-state index is 12.3. The molecule has 7 heteroatoms. The summed E-state index contributed by atoms with van der Waals surface area (Å²) in [5, 5.41) is 4.60. The maximum Gasteiger partial charge on any atom is 0.355 e. The predicted molar refractivity (Wildman–Crippen MR) is 82.6 cm³/mol. The lowest BCUT2D eigenvalue weighted by Gasteiger charge is -2.17. The molecule has 0 bridgehead atoms. The van der Waals surface area contributed by atoms with Gasteiger partial charge in [-0.2, -0.15) is 0 Å². The van der Waals surface area contributed by atoms with E-state index in [0.29, 0.717) is 12.1 Å². The summed E-state index contributed by atoms with van der Waals surface area (Å²) < 4.78 is 5.26. The van der Waals surface area contributed by atoms with Gasteiger partial charge in [0.15, 0.2) is 0 Å². The minimum absolute atomic E-state index is 0.219. The third-order valence-corrected chi connectivity index (χ3v) is 2.96. The molecule has 0 saturated carbocycles. The van der Waals surface area contributed by atoms with E-state index in [4.69, 9.17) is 4.74 Å². The van der Waals surface area contributed by atoms with Crippen molar-refractivity contribution in [3.63, 3.8) is 0 Å². The summed E-state index contributed by atoms with van der Waals surface area (Å²) in [7, 11) is 0. The van der Waals surface area contributed by atoms with Crippen molar-refractivity contribution in [2.75, 3.05) is 6.54 Å². The molecule has 0 aliphatic heterocycles. The number of aromatic amines is 1. The van der Waals surface area contributed by atoms with E-state index < -0.39 is 24.0 Å². The number of benzene rings is 1. The number of urea groups is 1. The van der Waals surface area contributed by atoms with Gasteiger partial charge in [-0.05, 0) is 19.1 Å². The van der Waals surface area contributed by atoms with E-state index in [2.05, 4.69) is 15.6 Å². The molecule has 1 atom stereocenters. The fourth-order valence-electron chi connectivity index (χ4n) is 1.91. The molecule has 23 heavy (non-hydrogen) atoms. The first-order chi connectivity index (χ1) is 11.1. The zero-order valence-electron chi connectivity index (χ0n) is 12.5. The van der Waals surface area contributed by atoms with Crippen LogP contribution in [0.2, 0.25) is 0 Å². The molecule has 120 valence electrons. The maximum absolute atomic E-state index is 12.3. The summed E-state index contributed by atoms with van der Waals surface area (Å²) in [5.41, 5.74) is 0.686. The predicted octanol–water partition coefficient (Wildman–Crippen LogP) is 1.76. The second-order valence-corrected chi connectivity index (χ2v) is 4.63. The van der Waals surface area contributed by atoms with Crippen molar-refractivity contribution in [3.05, 3.63) is 59.9 Å². The van der Waals surface area contributed by atoms with Crippen LogP contribution in [0.15, 0.2) is 48.7 Å². The van der Waals surface area contributed by atoms with E-state index in [1.807, 2.05) is 0 Å². The van der Waals surface area contributed by atoms with Crippen molar-refractivity contribution >= 4 is 17.9 Å². The van der Waals surface area contributed by atoms with Crippen molar-refractivity contribution in [1.29, 1.82) is 0 Å². The van der Waals surface area contributed by atoms with Crippen LogP contribution >= 0.6 is 0 Å². The number of hydrogen-bond acceptors (Lipinski definition) is 4. The van der Waals surface area contributed by atoms with Crippen molar-refractivity contribution in [2.24, 2.45) is 0 Å². The van der Waals surface area contributed by atoms with Crippen LogP contribution < -0.4 is 10.6 Å². The van der Waals surface area contributed by atoms with Gasteiger partial charge in [0, 0.05) is 18.3 Å². The molecule has 7 nitrogen and oxygen atoms in total. The van der Waals surface area contributed by atoms with Gasteiger partial charge in [0.1, 0.15) is 5.69 Å². The number of rotatable bonds is 5. The van der Waals surface area contributed by atoms with E-state index in [1.54, 1.807) is 49.5 Å². The number of hydrogen-bond donors (Lipinski definition) is 3. The molecule has 0 radical (unpaired) electrons. The Morgan fingerprint density at radius 2 is 1.87 bits per heavy atom. The number of ether oxygens (including phenoxy) is 1. The molecule has 1 aromatic carbocycles. The molecule has 0 fully saturated rings. The molecule has 0 aliphatic rings. The van der Waals surface area contributed by atoms with Gasteiger partial charge in [-0.15, -0.1) is 0 Å². The lowest BCUT2D eigenvalue weighted by atomic mass is 10.1. The molecule has 0 spiro atoms. The Labute approximate surface area is 133 Å². The van der Waals surface area contributed by atoms with Gasteiger partial charge in [0.2, 0.25) is 6.10 Å². The first kappa shape index (κ1) is 16.3. The van der Waals surface area contributed by atoms with Gasteiger partial charge in [0.05, 0.1) is 0 Å². The number of aromatic nitrogens is 1. The van der Waals surface area contributed by atoms with E-state index in [0.717, 1.165) is 0 Å². The van der Waals surface area contributed by atoms with Crippen LogP contribution in [0, 0.1) is 0 Å². The second kappa shape index (κ2) is 7.79. The molecular formula is C16H17N3O4. The molecule has 3 amide bonds. The van der Waals surface area contributed by atoms with Crippen molar-refractivity contribution in [2.45, 2.75) is 13.0 Å². The van der Waals surface area contributed by atoms with Gasteiger partial charge in [0.25, 0.3) is 5.91 Å². The Hall–Kier alpha value is -3.09. The van der Waals surface area contributed by atoms with Crippen LogP contribution in [0.3, 0.4) is 0 Å². The standard InChI is InChI=1S/C16H17N3O4/c1-2-17-16(22)19-14(20)13(11-7-4-3-5-8-11)23-15(21)12-9-6-10-18-12/h3-10,13,18H,2H2,1H3,(H2,17,19,20,22)/t13-/m0/s1. The van der Waals surface area contributed by atoms with Crippen LogP contribution in [0.25, 0.3) is 0 Å². The van der Waals surface area contributed by atoms with Gasteiger partial charge in [-0.1, -0.05) is 30.3 Å². The summed E-state index contributed by atoms with van der Waals surface area (Å²) in [6.07, 6.45) is 0.345. The van der Waals surface area contributed by atoms with Gasteiger partial charge < -0.3 is 15.0 Å². The largest absolute Gasteiger partial charge is 0.443 e. The van der Waals surface area contributed by atoms with Crippen molar-refractivity contribution in [3.8, 4) is 0 Å². The zero-order chi connectivity index (χ0) is 16.7. The highest BCUT2D eigenvalue weighted by molar-refractivity contribution is 5.98. The second-order valence-electron chi connectivity index (χ2n) is 4.63. The van der Waals surface area contributed by atoms with E-state index >= 15 is 0 Å². The van der Waals surface area contributed by atoms with Crippen molar-refractivity contribution in [1.82, 2.24) is 15.6 Å². The summed E-state index contributed by atoms with van der Waals surface area (Å²) in [6, 6.07) is 11.0. The van der Waals surface area contributed by atoms with Crippen LogP contribution in [-0.2, 0) is 9.53 Å². The molecule has 3 N–H and O–H groups in total. The topological polar surface area (TPSA) is 100 Å². The molecule has 1 aromatic heterocycles. The molecule has 1 heterocycles. The lowest BCUT2D eigenvalue weighted by molar-refractivity contribution is -0.129. The summed E-state index contributed by atoms with van der Waals surface area (Å²) in [4.78, 5) is 38.6. The molecule has 0 aliphatic carbocycles. The SMILES string of the molecule is CCNC(=O)NC(=O)[C@@H](OC(=O)c1ccc[nH]1)c1ccccc1. The number of carbonyl (C=O) groups excluding carboxylic acids is 3. The number of nitrogens with one attached hydrogen (secondary N) is 3. The van der Waals surface area contributed by atoms with E-state index in [-0.39, 0.29) is 5.69 Å². The average Bonchev–Trinajstić information content (AvgIpc) is 3.07. The van der Waals surface area contributed by atoms with Crippen LogP contribution in [-0.4, -0.2) is 29.4 Å². The zero-order valence-corrected chi connectivity index (χ0v) is 12.5. The van der Waals surface area contributed by atoms with Gasteiger partial charge >= 0.3 is 12.0 Å². The van der Waals surface area contributed by atoms with E-state index in [9.17, 15) is 14.4 Å². The summed E-state index contributed by atoms with van der Waals surface area (Å²) >= 11 is 0. The fourth-order valence-corrected chi connectivity index (χ4v) is 1.91. The highest BCUT2D eigenvalue weighted by atomic mass is 16.5. The first-order valence-corrected chi connectivity index (χ1v) is 7.09. The molecule has 0 unspecified atom stereocenters. The minimum Gasteiger partial charge on any atom is -0.443 e. The number of amides is 3. The molecular weight excluding hydrogens is 298 g/mol. The number of imide groups is 1. The quantitative estimate of drug-likeness (QED) is 0.732. The Bertz CT molecular complexity index is 668. The number of H-pyrrole nitrogens is 1. The van der Waals surface area contributed by atoms with Crippen molar-refractivity contribution < 1.29 is 19.1 Å². The van der Waals surface area contributed by atoms with E-state index in [1.165, 1.54) is 6.07 Å². The lowest BCUT2D eigenvalue weighted by Crippen LogP contribution is -2.42. The average molecular weight is 315 g/mol. The summed E-state index contributed by atoms with van der Waals surface area (Å²) in [5.74, 6) is -1.41.